The highest BCUT2D eigenvalue weighted by Crippen LogP contribution is 2.36. The number of benzene rings is 2. The van der Waals surface area contributed by atoms with E-state index in [-0.39, 0.29) is 5.82 Å². The van der Waals surface area contributed by atoms with Crippen molar-refractivity contribution < 1.29 is 4.39 Å². The highest BCUT2D eigenvalue weighted by molar-refractivity contribution is 5.98. The molecule has 3 aromatic rings. The van der Waals surface area contributed by atoms with Gasteiger partial charge < -0.3 is 10.3 Å². The predicted molar refractivity (Wildman–Crippen MR) is 85.6 cm³/mol. The Morgan fingerprint density at radius 1 is 1.05 bits per heavy atom. The SMILES string of the molecule is CC(C)n1c(CN)c(-c2ccc(F)cc2)c2ccccc21. The molecule has 0 bridgehead atoms. The van der Waals surface area contributed by atoms with Crippen molar-refractivity contribution in [3.8, 4) is 11.1 Å². The lowest BCUT2D eigenvalue weighted by Crippen LogP contribution is -2.10. The van der Waals surface area contributed by atoms with E-state index in [2.05, 4.69) is 30.5 Å². The molecule has 0 aliphatic rings. The van der Waals surface area contributed by atoms with Gasteiger partial charge in [0, 0.05) is 34.7 Å². The topological polar surface area (TPSA) is 30.9 Å². The van der Waals surface area contributed by atoms with E-state index in [1.54, 1.807) is 0 Å². The lowest BCUT2D eigenvalue weighted by Gasteiger charge is -2.14. The third-order valence-electron chi connectivity index (χ3n) is 3.85. The standard InChI is InChI=1S/C18H19FN2/c1-12(2)21-16-6-4-3-5-15(16)18(17(21)11-20)13-7-9-14(19)10-8-13/h3-10,12H,11,20H2,1-2H3. The van der Waals surface area contributed by atoms with Gasteiger partial charge in [0.1, 0.15) is 5.82 Å². The lowest BCUT2D eigenvalue weighted by atomic mass is 10.0. The summed E-state index contributed by atoms with van der Waals surface area (Å²) < 4.78 is 15.5. The summed E-state index contributed by atoms with van der Waals surface area (Å²) in [4.78, 5) is 0. The van der Waals surface area contributed by atoms with E-state index in [9.17, 15) is 4.39 Å². The first-order valence-electron chi connectivity index (χ1n) is 7.21. The van der Waals surface area contributed by atoms with Crippen LogP contribution in [-0.4, -0.2) is 4.57 Å². The van der Waals surface area contributed by atoms with Crippen LogP contribution in [-0.2, 0) is 6.54 Å². The zero-order valence-electron chi connectivity index (χ0n) is 12.3. The van der Waals surface area contributed by atoms with Crippen molar-refractivity contribution >= 4 is 10.9 Å². The van der Waals surface area contributed by atoms with Gasteiger partial charge in [0.25, 0.3) is 0 Å². The van der Waals surface area contributed by atoms with E-state index in [1.807, 2.05) is 24.3 Å². The van der Waals surface area contributed by atoms with Gasteiger partial charge in [0.15, 0.2) is 0 Å². The van der Waals surface area contributed by atoms with Gasteiger partial charge in [-0.3, -0.25) is 0 Å². The molecule has 1 heterocycles. The van der Waals surface area contributed by atoms with Gasteiger partial charge in [-0.25, -0.2) is 4.39 Å². The summed E-state index contributed by atoms with van der Waals surface area (Å²) in [7, 11) is 0. The maximum atomic E-state index is 13.2. The molecule has 108 valence electrons. The molecule has 0 spiro atoms. The van der Waals surface area contributed by atoms with E-state index in [4.69, 9.17) is 5.73 Å². The zero-order valence-corrected chi connectivity index (χ0v) is 12.3. The molecule has 0 aliphatic carbocycles. The second-order valence-electron chi connectivity index (χ2n) is 5.51. The minimum Gasteiger partial charge on any atom is -0.340 e. The van der Waals surface area contributed by atoms with Crippen LogP contribution in [0.25, 0.3) is 22.0 Å². The number of rotatable bonds is 3. The van der Waals surface area contributed by atoms with Crippen LogP contribution in [0.15, 0.2) is 48.5 Å². The molecule has 0 saturated carbocycles. The molecular weight excluding hydrogens is 263 g/mol. The summed E-state index contributed by atoms with van der Waals surface area (Å²) >= 11 is 0. The second-order valence-corrected chi connectivity index (χ2v) is 5.51. The molecule has 0 unspecified atom stereocenters. The normalized spacial score (nSPS) is 11.5. The van der Waals surface area contributed by atoms with Gasteiger partial charge in [-0.05, 0) is 37.6 Å². The van der Waals surface area contributed by atoms with Crippen LogP contribution in [0, 0.1) is 5.82 Å². The monoisotopic (exact) mass is 282 g/mol. The fourth-order valence-electron chi connectivity index (χ4n) is 3.05. The summed E-state index contributed by atoms with van der Waals surface area (Å²) in [6.07, 6.45) is 0. The quantitative estimate of drug-likeness (QED) is 0.754. The Hall–Kier alpha value is -2.13. The number of fused-ring (bicyclic) bond motifs is 1. The highest BCUT2D eigenvalue weighted by atomic mass is 19.1. The molecule has 1 aromatic heterocycles. The molecule has 0 saturated heterocycles. The van der Waals surface area contributed by atoms with Crippen molar-refractivity contribution in [2.45, 2.75) is 26.4 Å². The van der Waals surface area contributed by atoms with Crippen molar-refractivity contribution in [2.24, 2.45) is 5.73 Å². The summed E-state index contributed by atoms with van der Waals surface area (Å²) in [5.41, 5.74) is 10.4. The molecule has 0 aliphatic heterocycles. The van der Waals surface area contributed by atoms with E-state index in [1.165, 1.54) is 23.0 Å². The van der Waals surface area contributed by atoms with E-state index >= 15 is 0 Å². The van der Waals surface area contributed by atoms with Crippen LogP contribution in [0.5, 0.6) is 0 Å². The van der Waals surface area contributed by atoms with Crippen LogP contribution in [0.2, 0.25) is 0 Å². The molecule has 0 fully saturated rings. The molecule has 0 atom stereocenters. The minimum atomic E-state index is -0.222. The maximum absolute atomic E-state index is 13.2. The minimum absolute atomic E-state index is 0.222. The van der Waals surface area contributed by atoms with Crippen molar-refractivity contribution in [1.29, 1.82) is 0 Å². The first-order valence-corrected chi connectivity index (χ1v) is 7.21. The first-order chi connectivity index (χ1) is 10.1. The lowest BCUT2D eigenvalue weighted by molar-refractivity contribution is 0.596. The Morgan fingerprint density at radius 3 is 2.33 bits per heavy atom. The van der Waals surface area contributed by atoms with E-state index in [0.717, 1.165) is 16.8 Å². The third-order valence-corrected chi connectivity index (χ3v) is 3.85. The van der Waals surface area contributed by atoms with Crippen molar-refractivity contribution in [3.63, 3.8) is 0 Å². The largest absolute Gasteiger partial charge is 0.340 e. The van der Waals surface area contributed by atoms with E-state index < -0.39 is 0 Å². The Balaban J connectivity index is 2.38. The predicted octanol–water partition coefficient (Wildman–Crippen LogP) is 4.49. The molecule has 2 N–H and O–H groups in total. The van der Waals surface area contributed by atoms with Crippen LogP contribution < -0.4 is 5.73 Å². The number of para-hydroxylation sites is 1. The molecule has 2 nitrogen and oxygen atoms in total. The molecule has 21 heavy (non-hydrogen) atoms. The maximum Gasteiger partial charge on any atom is 0.123 e. The van der Waals surface area contributed by atoms with Crippen molar-refractivity contribution in [1.82, 2.24) is 4.57 Å². The average Bonchev–Trinajstić information content (AvgIpc) is 2.82. The molecule has 0 amide bonds. The summed E-state index contributed by atoms with van der Waals surface area (Å²) in [6.45, 7) is 4.76. The number of nitrogens with zero attached hydrogens (tertiary/aromatic N) is 1. The summed E-state index contributed by atoms with van der Waals surface area (Å²) in [5, 5.41) is 1.17. The van der Waals surface area contributed by atoms with Crippen LogP contribution in [0.1, 0.15) is 25.6 Å². The fraction of sp³-hybridized carbons (Fsp3) is 0.222. The summed E-state index contributed by atoms with van der Waals surface area (Å²) in [6, 6.07) is 15.2. The van der Waals surface area contributed by atoms with Crippen LogP contribution >= 0.6 is 0 Å². The Bertz CT molecular complexity index is 770. The van der Waals surface area contributed by atoms with E-state index in [0.29, 0.717) is 12.6 Å². The van der Waals surface area contributed by atoms with Gasteiger partial charge in [0.2, 0.25) is 0 Å². The molecule has 3 heteroatoms. The third kappa shape index (κ3) is 2.24. The number of aromatic nitrogens is 1. The molecule has 2 aromatic carbocycles. The van der Waals surface area contributed by atoms with Gasteiger partial charge in [-0.2, -0.15) is 0 Å². The molecular formula is C18H19FN2. The molecule has 0 radical (unpaired) electrons. The van der Waals surface area contributed by atoms with Gasteiger partial charge in [0.05, 0.1) is 0 Å². The van der Waals surface area contributed by atoms with Crippen LogP contribution in [0.3, 0.4) is 0 Å². The highest BCUT2D eigenvalue weighted by Gasteiger charge is 2.18. The molecule has 3 rings (SSSR count). The number of hydrogen-bond acceptors (Lipinski definition) is 1. The van der Waals surface area contributed by atoms with Crippen LogP contribution in [0.4, 0.5) is 4.39 Å². The van der Waals surface area contributed by atoms with Gasteiger partial charge in [-0.15, -0.1) is 0 Å². The van der Waals surface area contributed by atoms with Crippen molar-refractivity contribution in [2.75, 3.05) is 0 Å². The van der Waals surface area contributed by atoms with Gasteiger partial charge in [-0.1, -0.05) is 30.3 Å². The number of hydrogen-bond donors (Lipinski definition) is 1. The smallest absolute Gasteiger partial charge is 0.123 e. The Kier molecular flexibility index (Phi) is 3.52. The average molecular weight is 282 g/mol. The Morgan fingerprint density at radius 2 is 1.71 bits per heavy atom. The zero-order chi connectivity index (χ0) is 15.0. The second kappa shape index (κ2) is 5.34. The number of halogens is 1. The number of nitrogens with two attached hydrogens (primary N) is 1. The summed E-state index contributed by atoms with van der Waals surface area (Å²) in [5.74, 6) is -0.222. The van der Waals surface area contributed by atoms with Gasteiger partial charge >= 0.3 is 0 Å². The Labute approximate surface area is 124 Å². The van der Waals surface area contributed by atoms with Crippen molar-refractivity contribution in [3.05, 3.63) is 60.0 Å². The fourth-order valence-corrected chi connectivity index (χ4v) is 3.05. The first kappa shape index (κ1) is 13.8.